The van der Waals surface area contributed by atoms with E-state index in [1.807, 2.05) is 19.1 Å². The largest absolute Gasteiger partial charge is 0.396 e. The molecule has 0 aliphatic carbocycles. The van der Waals surface area contributed by atoms with Crippen molar-refractivity contribution in [2.24, 2.45) is 0 Å². The van der Waals surface area contributed by atoms with E-state index in [0.717, 1.165) is 10.6 Å². The number of aromatic nitrogens is 1. The fraction of sp³-hybridized carbons (Fsp3) is 0.357. The van der Waals surface area contributed by atoms with E-state index in [1.54, 1.807) is 24.4 Å². The highest BCUT2D eigenvalue weighted by Gasteiger charge is 2.25. The molecule has 2 aromatic heterocycles. The summed E-state index contributed by atoms with van der Waals surface area (Å²) in [4.78, 5) is 5.04. The predicted molar refractivity (Wildman–Crippen MR) is 82.6 cm³/mol. The molecule has 0 saturated heterocycles. The van der Waals surface area contributed by atoms with Crippen molar-refractivity contribution in [1.29, 1.82) is 0 Å². The SMILES string of the molecule is CCN(Cc1ccccn1)S(=O)(=O)c1ccc(CCO)s1. The fourth-order valence-corrected chi connectivity index (χ4v) is 4.83. The number of sulfonamides is 1. The standard InChI is InChI=1S/C14H18N2O3S2/c1-2-16(11-12-5-3-4-9-15-12)21(18,19)14-7-6-13(20-14)8-10-17/h3-7,9,17H,2,8,10-11H2,1H3. The third-order valence-corrected chi connectivity index (χ3v) is 6.54. The Bertz CT molecular complexity index is 669. The second kappa shape index (κ2) is 7.13. The maximum Gasteiger partial charge on any atom is 0.252 e. The third kappa shape index (κ3) is 3.88. The van der Waals surface area contributed by atoms with Crippen molar-refractivity contribution in [2.45, 2.75) is 24.1 Å². The summed E-state index contributed by atoms with van der Waals surface area (Å²) in [6.45, 7) is 2.47. The lowest BCUT2D eigenvalue weighted by Gasteiger charge is -2.19. The van der Waals surface area contributed by atoms with Crippen LogP contribution in [0.2, 0.25) is 0 Å². The Morgan fingerprint density at radius 3 is 2.71 bits per heavy atom. The number of thiophene rings is 1. The van der Waals surface area contributed by atoms with Crippen molar-refractivity contribution in [1.82, 2.24) is 9.29 Å². The minimum absolute atomic E-state index is 0.0193. The van der Waals surface area contributed by atoms with Gasteiger partial charge < -0.3 is 5.11 Å². The lowest BCUT2D eigenvalue weighted by atomic mass is 10.3. The summed E-state index contributed by atoms with van der Waals surface area (Å²) in [6, 6.07) is 8.81. The van der Waals surface area contributed by atoms with Crippen LogP contribution < -0.4 is 0 Å². The zero-order valence-corrected chi connectivity index (χ0v) is 13.4. The molecule has 1 N–H and O–H groups in total. The van der Waals surface area contributed by atoms with Crippen molar-refractivity contribution < 1.29 is 13.5 Å². The van der Waals surface area contributed by atoms with Crippen LogP contribution in [0.15, 0.2) is 40.7 Å². The highest BCUT2D eigenvalue weighted by molar-refractivity contribution is 7.91. The zero-order chi connectivity index (χ0) is 15.3. The highest BCUT2D eigenvalue weighted by Crippen LogP contribution is 2.26. The van der Waals surface area contributed by atoms with Crippen LogP contribution >= 0.6 is 11.3 Å². The molecule has 0 radical (unpaired) electrons. The first-order valence-electron chi connectivity index (χ1n) is 6.67. The first-order chi connectivity index (χ1) is 10.1. The first kappa shape index (κ1) is 16.1. The van der Waals surface area contributed by atoms with Crippen molar-refractivity contribution >= 4 is 21.4 Å². The molecular weight excluding hydrogens is 308 g/mol. The second-order valence-corrected chi connectivity index (χ2v) is 7.78. The quantitative estimate of drug-likeness (QED) is 0.843. The summed E-state index contributed by atoms with van der Waals surface area (Å²) in [5.41, 5.74) is 0.718. The van der Waals surface area contributed by atoms with Gasteiger partial charge in [-0.05, 0) is 24.3 Å². The molecule has 0 spiro atoms. The molecule has 7 heteroatoms. The van der Waals surface area contributed by atoms with Gasteiger partial charge >= 0.3 is 0 Å². The van der Waals surface area contributed by atoms with Crippen LogP contribution in [-0.4, -0.2) is 36.0 Å². The van der Waals surface area contributed by atoms with E-state index in [0.29, 0.717) is 17.2 Å². The molecule has 0 aromatic carbocycles. The van der Waals surface area contributed by atoms with Gasteiger partial charge in [0.1, 0.15) is 4.21 Å². The topological polar surface area (TPSA) is 70.5 Å². The maximum absolute atomic E-state index is 12.6. The molecule has 2 heterocycles. The van der Waals surface area contributed by atoms with Gasteiger partial charge in [0.25, 0.3) is 10.0 Å². The Morgan fingerprint density at radius 1 is 1.29 bits per heavy atom. The summed E-state index contributed by atoms with van der Waals surface area (Å²) in [7, 11) is -3.52. The second-order valence-electron chi connectivity index (χ2n) is 4.45. The normalized spacial score (nSPS) is 12.0. The molecule has 21 heavy (non-hydrogen) atoms. The molecule has 0 aliphatic rings. The highest BCUT2D eigenvalue weighted by atomic mass is 32.2. The Labute approximate surface area is 128 Å². The zero-order valence-electron chi connectivity index (χ0n) is 11.8. The first-order valence-corrected chi connectivity index (χ1v) is 8.93. The smallest absolute Gasteiger partial charge is 0.252 e. The summed E-state index contributed by atoms with van der Waals surface area (Å²) in [6.07, 6.45) is 2.13. The van der Waals surface area contributed by atoms with Gasteiger partial charge in [-0.15, -0.1) is 11.3 Å². The number of aliphatic hydroxyl groups excluding tert-OH is 1. The molecule has 0 unspecified atom stereocenters. The Kier molecular flexibility index (Phi) is 5.46. The predicted octanol–water partition coefficient (Wildman–Crippen LogP) is 1.89. The summed E-state index contributed by atoms with van der Waals surface area (Å²) >= 11 is 1.21. The van der Waals surface area contributed by atoms with Gasteiger partial charge in [-0.25, -0.2) is 8.42 Å². The maximum atomic E-state index is 12.6. The van der Waals surface area contributed by atoms with Crippen LogP contribution in [-0.2, 0) is 23.0 Å². The van der Waals surface area contributed by atoms with Crippen molar-refractivity contribution in [3.63, 3.8) is 0 Å². The lowest BCUT2D eigenvalue weighted by molar-refractivity contribution is 0.300. The van der Waals surface area contributed by atoms with Crippen LogP contribution in [0.3, 0.4) is 0 Å². The third-order valence-electron chi connectivity index (χ3n) is 3.01. The lowest BCUT2D eigenvalue weighted by Crippen LogP contribution is -2.30. The van der Waals surface area contributed by atoms with Gasteiger partial charge in [0.15, 0.2) is 0 Å². The molecule has 0 atom stereocenters. The van der Waals surface area contributed by atoms with E-state index in [4.69, 9.17) is 5.11 Å². The van der Waals surface area contributed by atoms with Gasteiger partial charge in [0.05, 0.1) is 12.2 Å². The number of hydrogen-bond acceptors (Lipinski definition) is 5. The molecule has 114 valence electrons. The molecule has 0 bridgehead atoms. The molecule has 5 nitrogen and oxygen atoms in total. The molecule has 2 aromatic rings. The average molecular weight is 326 g/mol. The van der Waals surface area contributed by atoms with Gasteiger partial charge in [-0.1, -0.05) is 13.0 Å². The summed E-state index contributed by atoms with van der Waals surface area (Å²) in [5.74, 6) is 0. The number of pyridine rings is 1. The van der Waals surface area contributed by atoms with E-state index in [9.17, 15) is 8.42 Å². The van der Waals surface area contributed by atoms with Gasteiger partial charge in [-0.2, -0.15) is 4.31 Å². The van der Waals surface area contributed by atoms with Crippen LogP contribution in [0.1, 0.15) is 17.5 Å². The Morgan fingerprint density at radius 2 is 2.10 bits per heavy atom. The molecule has 0 aliphatic heterocycles. The minimum Gasteiger partial charge on any atom is -0.396 e. The number of aliphatic hydroxyl groups is 1. The van der Waals surface area contributed by atoms with Crippen LogP contribution in [0, 0.1) is 0 Å². The number of hydrogen-bond donors (Lipinski definition) is 1. The van der Waals surface area contributed by atoms with E-state index in [1.165, 1.54) is 15.6 Å². The Hall–Kier alpha value is -1.28. The monoisotopic (exact) mass is 326 g/mol. The summed E-state index contributed by atoms with van der Waals surface area (Å²) < 4.78 is 27.0. The van der Waals surface area contributed by atoms with Crippen molar-refractivity contribution in [3.8, 4) is 0 Å². The van der Waals surface area contributed by atoms with Crippen LogP contribution in [0.25, 0.3) is 0 Å². The van der Waals surface area contributed by atoms with Crippen molar-refractivity contribution in [2.75, 3.05) is 13.2 Å². The van der Waals surface area contributed by atoms with Gasteiger partial charge in [-0.3, -0.25) is 4.98 Å². The number of nitrogens with zero attached hydrogens (tertiary/aromatic N) is 2. The van der Waals surface area contributed by atoms with E-state index >= 15 is 0 Å². The molecule has 0 saturated carbocycles. The minimum atomic E-state index is -3.52. The van der Waals surface area contributed by atoms with E-state index in [-0.39, 0.29) is 13.2 Å². The molecular formula is C14H18N2O3S2. The molecule has 2 rings (SSSR count). The Balaban J connectivity index is 2.22. The van der Waals surface area contributed by atoms with E-state index < -0.39 is 10.0 Å². The fourth-order valence-electron chi connectivity index (χ4n) is 1.91. The van der Waals surface area contributed by atoms with Crippen LogP contribution in [0.4, 0.5) is 0 Å². The summed E-state index contributed by atoms with van der Waals surface area (Å²) in [5, 5.41) is 8.92. The van der Waals surface area contributed by atoms with Crippen molar-refractivity contribution in [3.05, 3.63) is 47.1 Å². The van der Waals surface area contributed by atoms with E-state index in [2.05, 4.69) is 4.98 Å². The number of rotatable bonds is 7. The van der Waals surface area contributed by atoms with Gasteiger partial charge in [0.2, 0.25) is 0 Å². The molecule has 0 fully saturated rings. The average Bonchev–Trinajstić information content (AvgIpc) is 2.95. The van der Waals surface area contributed by atoms with Gasteiger partial charge in [0, 0.05) is 30.6 Å². The van der Waals surface area contributed by atoms with Crippen LogP contribution in [0.5, 0.6) is 0 Å². The molecule has 0 amide bonds.